The lowest BCUT2D eigenvalue weighted by Crippen LogP contribution is -2.48. The van der Waals surface area contributed by atoms with E-state index in [1.807, 2.05) is 0 Å². The molecule has 0 aromatic heterocycles. The number of aliphatic carboxylic acids is 1. The fourth-order valence-electron chi connectivity index (χ4n) is 1.73. The van der Waals surface area contributed by atoms with Crippen LogP contribution in [0, 0.1) is 11.6 Å². The van der Waals surface area contributed by atoms with E-state index in [1.165, 1.54) is 17.0 Å². The summed E-state index contributed by atoms with van der Waals surface area (Å²) in [7, 11) is 0. The lowest BCUT2D eigenvalue weighted by molar-refractivity contribution is -0.137. The SMILES string of the molecule is CC(C)(C)N(CCC(=O)O)C(=O)Nc1cccc(F)c1F. The third-order valence-electron chi connectivity index (χ3n) is 2.80. The van der Waals surface area contributed by atoms with Crippen LogP contribution in [0.2, 0.25) is 0 Å². The Balaban J connectivity index is 2.91. The van der Waals surface area contributed by atoms with E-state index in [1.54, 1.807) is 20.8 Å². The highest BCUT2D eigenvalue weighted by molar-refractivity contribution is 5.90. The molecule has 0 aliphatic carbocycles. The van der Waals surface area contributed by atoms with Gasteiger partial charge in [0.15, 0.2) is 11.6 Å². The summed E-state index contributed by atoms with van der Waals surface area (Å²) >= 11 is 0. The number of carbonyl (C=O) groups is 2. The Labute approximate surface area is 121 Å². The van der Waals surface area contributed by atoms with Crippen LogP contribution in [0.5, 0.6) is 0 Å². The minimum absolute atomic E-state index is 0.0401. The van der Waals surface area contributed by atoms with Gasteiger partial charge in [-0.15, -0.1) is 0 Å². The minimum atomic E-state index is -1.15. The second kappa shape index (κ2) is 6.51. The van der Waals surface area contributed by atoms with E-state index in [0.29, 0.717) is 0 Å². The molecule has 0 spiro atoms. The fraction of sp³-hybridized carbons (Fsp3) is 0.429. The van der Waals surface area contributed by atoms with Crippen LogP contribution in [0.4, 0.5) is 19.3 Å². The van der Waals surface area contributed by atoms with Crippen molar-refractivity contribution < 1.29 is 23.5 Å². The fourth-order valence-corrected chi connectivity index (χ4v) is 1.73. The predicted molar refractivity (Wildman–Crippen MR) is 74.1 cm³/mol. The molecule has 0 heterocycles. The van der Waals surface area contributed by atoms with Gasteiger partial charge in [0.1, 0.15) is 0 Å². The first-order valence-corrected chi connectivity index (χ1v) is 6.37. The number of carboxylic acids is 1. The number of carboxylic acid groups (broad SMARTS) is 1. The number of halogens is 2. The molecule has 7 heteroatoms. The molecule has 1 rings (SSSR count). The van der Waals surface area contributed by atoms with Crippen LogP contribution in [0.15, 0.2) is 18.2 Å². The van der Waals surface area contributed by atoms with Crippen molar-refractivity contribution in [2.75, 3.05) is 11.9 Å². The summed E-state index contributed by atoms with van der Waals surface area (Å²) in [6.45, 7) is 5.12. The molecule has 116 valence electrons. The van der Waals surface area contributed by atoms with E-state index < -0.39 is 29.2 Å². The Morgan fingerprint density at radius 1 is 1.29 bits per heavy atom. The highest BCUT2D eigenvalue weighted by Crippen LogP contribution is 2.20. The van der Waals surface area contributed by atoms with Gasteiger partial charge < -0.3 is 15.3 Å². The maximum atomic E-state index is 13.5. The average molecular weight is 300 g/mol. The zero-order chi connectivity index (χ0) is 16.2. The molecular formula is C14H18F2N2O3. The largest absolute Gasteiger partial charge is 0.481 e. The lowest BCUT2D eigenvalue weighted by Gasteiger charge is -2.35. The van der Waals surface area contributed by atoms with Crippen LogP contribution in [0.1, 0.15) is 27.2 Å². The van der Waals surface area contributed by atoms with E-state index >= 15 is 0 Å². The number of amides is 2. The number of rotatable bonds is 4. The maximum Gasteiger partial charge on any atom is 0.322 e. The van der Waals surface area contributed by atoms with Crippen molar-refractivity contribution in [1.29, 1.82) is 0 Å². The summed E-state index contributed by atoms with van der Waals surface area (Å²) in [5.74, 6) is -3.27. The van der Waals surface area contributed by atoms with Gasteiger partial charge in [-0.2, -0.15) is 0 Å². The molecule has 1 aromatic carbocycles. The molecular weight excluding hydrogens is 282 g/mol. The Morgan fingerprint density at radius 2 is 1.90 bits per heavy atom. The molecule has 0 atom stereocenters. The van der Waals surface area contributed by atoms with Gasteiger partial charge in [0.25, 0.3) is 0 Å². The van der Waals surface area contributed by atoms with Crippen molar-refractivity contribution in [3.63, 3.8) is 0 Å². The zero-order valence-electron chi connectivity index (χ0n) is 12.1. The van der Waals surface area contributed by atoms with Gasteiger partial charge in [-0.1, -0.05) is 6.07 Å². The number of benzene rings is 1. The minimum Gasteiger partial charge on any atom is -0.481 e. The normalized spacial score (nSPS) is 11.1. The summed E-state index contributed by atoms with van der Waals surface area (Å²) in [4.78, 5) is 24.1. The van der Waals surface area contributed by atoms with E-state index in [4.69, 9.17) is 5.11 Å². The quantitative estimate of drug-likeness (QED) is 0.897. The summed E-state index contributed by atoms with van der Waals surface area (Å²) in [6, 6.07) is 2.76. The number of nitrogens with one attached hydrogen (secondary N) is 1. The van der Waals surface area contributed by atoms with Gasteiger partial charge in [-0.3, -0.25) is 4.79 Å². The van der Waals surface area contributed by atoms with Crippen LogP contribution < -0.4 is 5.32 Å². The van der Waals surface area contributed by atoms with Gasteiger partial charge in [-0.05, 0) is 32.9 Å². The Bertz CT molecular complexity index is 542. The Hall–Kier alpha value is -2.18. The smallest absolute Gasteiger partial charge is 0.322 e. The molecule has 0 radical (unpaired) electrons. The number of carbonyl (C=O) groups excluding carboxylic acids is 1. The summed E-state index contributed by atoms with van der Waals surface area (Å²) in [6.07, 6.45) is -0.240. The molecule has 1 aromatic rings. The Kier molecular flexibility index (Phi) is 5.23. The van der Waals surface area contributed by atoms with Gasteiger partial charge in [0.2, 0.25) is 0 Å². The van der Waals surface area contributed by atoms with Crippen molar-refractivity contribution in [2.45, 2.75) is 32.7 Å². The van der Waals surface area contributed by atoms with E-state index in [0.717, 1.165) is 6.07 Å². The van der Waals surface area contributed by atoms with Crippen LogP contribution in [0.3, 0.4) is 0 Å². The number of anilines is 1. The Morgan fingerprint density at radius 3 is 2.43 bits per heavy atom. The monoisotopic (exact) mass is 300 g/mol. The highest BCUT2D eigenvalue weighted by atomic mass is 19.2. The van der Waals surface area contributed by atoms with E-state index in [9.17, 15) is 18.4 Å². The molecule has 0 aliphatic heterocycles. The first-order chi connectivity index (χ1) is 9.62. The van der Waals surface area contributed by atoms with Crippen LogP contribution in [-0.2, 0) is 4.79 Å². The van der Waals surface area contributed by atoms with E-state index in [-0.39, 0.29) is 18.7 Å². The van der Waals surface area contributed by atoms with Gasteiger partial charge >= 0.3 is 12.0 Å². The third kappa shape index (κ3) is 4.70. The molecule has 0 saturated heterocycles. The maximum absolute atomic E-state index is 13.5. The number of hydrogen-bond donors (Lipinski definition) is 2. The van der Waals surface area contributed by atoms with Crippen molar-refractivity contribution in [3.8, 4) is 0 Å². The first-order valence-electron chi connectivity index (χ1n) is 6.37. The third-order valence-corrected chi connectivity index (χ3v) is 2.80. The molecule has 2 amide bonds. The topological polar surface area (TPSA) is 69.6 Å². The number of urea groups is 1. The molecule has 0 aliphatic rings. The van der Waals surface area contributed by atoms with Crippen molar-refractivity contribution in [2.24, 2.45) is 0 Å². The van der Waals surface area contributed by atoms with Gasteiger partial charge in [-0.25, -0.2) is 13.6 Å². The molecule has 21 heavy (non-hydrogen) atoms. The number of nitrogens with zero attached hydrogens (tertiary/aromatic N) is 1. The molecule has 2 N–H and O–H groups in total. The van der Waals surface area contributed by atoms with Crippen LogP contribution >= 0.6 is 0 Å². The van der Waals surface area contributed by atoms with E-state index in [2.05, 4.69) is 5.32 Å². The molecule has 5 nitrogen and oxygen atoms in total. The highest BCUT2D eigenvalue weighted by Gasteiger charge is 2.27. The first kappa shape index (κ1) is 16.9. The molecule has 0 saturated carbocycles. The van der Waals surface area contributed by atoms with Crippen LogP contribution in [-0.4, -0.2) is 34.1 Å². The average Bonchev–Trinajstić information content (AvgIpc) is 2.33. The van der Waals surface area contributed by atoms with Crippen LogP contribution in [0.25, 0.3) is 0 Å². The summed E-state index contributed by atoms with van der Waals surface area (Å²) < 4.78 is 26.6. The lowest BCUT2D eigenvalue weighted by atomic mass is 10.1. The van der Waals surface area contributed by atoms with Gasteiger partial charge in [0, 0.05) is 12.1 Å². The second-order valence-corrected chi connectivity index (χ2v) is 5.50. The summed E-state index contributed by atoms with van der Waals surface area (Å²) in [5.41, 5.74) is -0.951. The van der Waals surface area contributed by atoms with Crippen molar-refractivity contribution in [3.05, 3.63) is 29.8 Å². The standard InChI is InChI=1S/C14H18F2N2O3/c1-14(2,3)18(8-7-11(19)20)13(21)17-10-6-4-5-9(15)12(10)16/h4-6H,7-8H2,1-3H3,(H,17,21)(H,19,20). The van der Waals surface area contributed by atoms with Crippen molar-refractivity contribution in [1.82, 2.24) is 4.90 Å². The zero-order valence-corrected chi connectivity index (χ0v) is 12.1. The summed E-state index contributed by atoms with van der Waals surface area (Å²) in [5, 5.41) is 11.0. The molecule has 0 bridgehead atoms. The predicted octanol–water partition coefficient (Wildman–Crippen LogP) is 3.07. The van der Waals surface area contributed by atoms with Gasteiger partial charge in [0.05, 0.1) is 12.1 Å². The van der Waals surface area contributed by atoms with Crippen molar-refractivity contribution >= 4 is 17.7 Å². The molecule has 0 unspecified atom stereocenters. The number of hydrogen-bond acceptors (Lipinski definition) is 2. The second-order valence-electron chi connectivity index (χ2n) is 5.50. The molecule has 0 fully saturated rings.